The summed E-state index contributed by atoms with van der Waals surface area (Å²) in [6.07, 6.45) is 2.67. The Labute approximate surface area is 108 Å². The zero-order valence-electron chi connectivity index (χ0n) is 11.2. The molecule has 0 aromatic rings. The smallest absolute Gasteiger partial charge is 0.310 e. The third-order valence-electron chi connectivity index (χ3n) is 4.01. The van der Waals surface area contributed by atoms with E-state index in [-0.39, 0.29) is 23.7 Å². The number of amides is 1. The van der Waals surface area contributed by atoms with E-state index >= 15 is 0 Å². The van der Waals surface area contributed by atoms with E-state index in [1.165, 1.54) is 7.11 Å². The maximum Gasteiger partial charge on any atom is 0.310 e. The lowest BCUT2D eigenvalue weighted by Gasteiger charge is -2.33. The molecule has 18 heavy (non-hydrogen) atoms. The number of hydrogen-bond acceptors (Lipinski definition) is 4. The van der Waals surface area contributed by atoms with Crippen molar-refractivity contribution < 1.29 is 14.3 Å². The van der Waals surface area contributed by atoms with Crippen molar-refractivity contribution in [3.05, 3.63) is 0 Å². The molecule has 5 heteroatoms. The maximum atomic E-state index is 12.3. The average Bonchev–Trinajstić information content (AvgIpc) is 2.83. The molecule has 0 aliphatic carbocycles. The second-order valence-electron chi connectivity index (χ2n) is 5.39. The first-order valence-corrected chi connectivity index (χ1v) is 6.67. The molecule has 5 nitrogen and oxygen atoms in total. The standard InChI is InChI=1S/C13H22N2O3/c1-14-7-5-10(8-14)12(16)15-6-3-4-11(9-15)13(17)18-2/h10-11H,3-9H2,1-2H3/t10?,11-/m0/s1. The largest absolute Gasteiger partial charge is 0.469 e. The summed E-state index contributed by atoms with van der Waals surface area (Å²) < 4.78 is 4.78. The molecule has 0 saturated carbocycles. The number of esters is 1. The Balaban J connectivity index is 1.92. The molecular weight excluding hydrogens is 232 g/mol. The summed E-state index contributed by atoms with van der Waals surface area (Å²) in [6, 6.07) is 0. The molecule has 0 aromatic carbocycles. The quantitative estimate of drug-likeness (QED) is 0.667. The Morgan fingerprint density at radius 1 is 1.11 bits per heavy atom. The molecule has 0 aromatic heterocycles. The molecule has 2 atom stereocenters. The van der Waals surface area contributed by atoms with Crippen LogP contribution in [0.25, 0.3) is 0 Å². The van der Waals surface area contributed by atoms with E-state index in [4.69, 9.17) is 4.74 Å². The van der Waals surface area contributed by atoms with Crippen molar-refractivity contribution in [3.8, 4) is 0 Å². The third-order valence-corrected chi connectivity index (χ3v) is 4.01. The number of rotatable bonds is 2. The van der Waals surface area contributed by atoms with Crippen LogP contribution in [-0.4, -0.2) is 62.0 Å². The van der Waals surface area contributed by atoms with Gasteiger partial charge in [-0.2, -0.15) is 0 Å². The van der Waals surface area contributed by atoms with Gasteiger partial charge in [-0.25, -0.2) is 0 Å². The van der Waals surface area contributed by atoms with Crippen LogP contribution < -0.4 is 0 Å². The van der Waals surface area contributed by atoms with E-state index in [2.05, 4.69) is 4.90 Å². The van der Waals surface area contributed by atoms with E-state index in [0.717, 1.165) is 38.9 Å². The lowest BCUT2D eigenvalue weighted by atomic mass is 9.96. The third kappa shape index (κ3) is 2.83. The highest BCUT2D eigenvalue weighted by Gasteiger charge is 2.34. The van der Waals surface area contributed by atoms with Crippen molar-refractivity contribution in [2.24, 2.45) is 11.8 Å². The average molecular weight is 254 g/mol. The van der Waals surface area contributed by atoms with Crippen LogP contribution in [0.1, 0.15) is 19.3 Å². The molecule has 0 N–H and O–H groups in total. The van der Waals surface area contributed by atoms with Gasteiger partial charge >= 0.3 is 5.97 Å². The lowest BCUT2D eigenvalue weighted by Crippen LogP contribution is -2.45. The van der Waals surface area contributed by atoms with Crippen molar-refractivity contribution in [1.82, 2.24) is 9.80 Å². The van der Waals surface area contributed by atoms with Crippen LogP contribution >= 0.6 is 0 Å². The van der Waals surface area contributed by atoms with Crippen LogP contribution in [0.5, 0.6) is 0 Å². The van der Waals surface area contributed by atoms with Crippen molar-refractivity contribution >= 4 is 11.9 Å². The molecular formula is C13H22N2O3. The number of hydrogen-bond donors (Lipinski definition) is 0. The van der Waals surface area contributed by atoms with Gasteiger partial charge in [0.2, 0.25) is 5.91 Å². The van der Waals surface area contributed by atoms with E-state index in [1.807, 2.05) is 11.9 Å². The van der Waals surface area contributed by atoms with Crippen molar-refractivity contribution in [3.63, 3.8) is 0 Å². The Morgan fingerprint density at radius 2 is 1.89 bits per heavy atom. The number of carbonyl (C=O) groups is 2. The molecule has 0 bridgehead atoms. The predicted octanol–water partition coefficient (Wildman–Crippen LogP) is 0.350. The van der Waals surface area contributed by atoms with Crippen LogP contribution in [0, 0.1) is 11.8 Å². The first-order valence-electron chi connectivity index (χ1n) is 6.67. The highest BCUT2D eigenvalue weighted by Crippen LogP contribution is 2.23. The minimum atomic E-state index is -0.184. The molecule has 0 spiro atoms. The maximum absolute atomic E-state index is 12.3. The summed E-state index contributed by atoms with van der Waals surface area (Å²) in [5.74, 6) is 0.0159. The van der Waals surface area contributed by atoms with Crippen molar-refractivity contribution in [2.75, 3.05) is 40.3 Å². The monoisotopic (exact) mass is 254 g/mol. The van der Waals surface area contributed by atoms with E-state index in [9.17, 15) is 9.59 Å². The summed E-state index contributed by atoms with van der Waals surface area (Å²) in [5, 5.41) is 0. The van der Waals surface area contributed by atoms with E-state index in [0.29, 0.717) is 6.54 Å². The molecule has 0 radical (unpaired) electrons. The van der Waals surface area contributed by atoms with Gasteiger partial charge in [-0.05, 0) is 32.9 Å². The van der Waals surface area contributed by atoms with Gasteiger partial charge in [-0.15, -0.1) is 0 Å². The summed E-state index contributed by atoms with van der Waals surface area (Å²) in [6.45, 7) is 3.15. The molecule has 2 fully saturated rings. The van der Waals surface area contributed by atoms with Crippen LogP contribution in [-0.2, 0) is 14.3 Å². The summed E-state index contributed by atoms with van der Waals surface area (Å²) in [7, 11) is 3.45. The number of piperidine rings is 1. The minimum Gasteiger partial charge on any atom is -0.469 e. The summed E-state index contributed by atoms with van der Waals surface area (Å²) in [5.41, 5.74) is 0. The van der Waals surface area contributed by atoms with Gasteiger partial charge in [-0.3, -0.25) is 9.59 Å². The van der Waals surface area contributed by atoms with Crippen LogP contribution in [0.2, 0.25) is 0 Å². The fourth-order valence-corrected chi connectivity index (χ4v) is 2.93. The summed E-state index contributed by atoms with van der Waals surface area (Å²) in [4.78, 5) is 27.9. The van der Waals surface area contributed by atoms with Crippen molar-refractivity contribution in [2.45, 2.75) is 19.3 Å². The highest BCUT2D eigenvalue weighted by molar-refractivity contribution is 5.81. The second kappa shape index (κ2) is 5.69. The second-order valence-corrected chi connectivity index (χ2v) is 5.39. The Kier molecular flexibility index (Phi) is 4.22. The van der Waals surface area contributed by atoms with Gasteiger partial charge in [-0.1, -0.05) is 0 Å². The fourth-order valence-electron chi connectivity index (χ4n) is 2.93. The minimum absolute atomic E-state index is 0.117. The van der Waals surface area contributed by atoms with Gasteiger partial charge in [0.1, 0.15) is 0 Å². The molecule has 1 amide bonds. The first-order chi connectivity index (χ1) is 8.61. The van der Waals surface area contributed by atoms with E-state index in [1.54, 1.807) is 0 Å². The number of ether oxygens (including phenoxy) is 1. The molecule has 102 valence electrons. The zero-order chi connectivity index (χ0) is 13.1. The molecule has 2 rings (SSSR count). The Morgan fingerprint density at radius 3 is 2.50 bits per heavy atom. The Hall–Kier alpha value is -1.10. The first kappa shape index (κ1) is 13.3. The van der Waals surface area contributed by atoms with Crippen LogP contribution in [0.15, 0.2) is 0 Å². The van der Waals surface area contributed by atoms with Crippen LogP contribution in [0.4, 0.5) is 0 Å². The number of carbonyl (C=O) groups excluding carboxylic acids is 2. The molecule has 2 saturated heterocycles. The van der Waals surface area contributed by atoms with Gasteiger partial charge in [0, 0.05) is 19.6 Å². The lowest BCUT2D eigenvalue weighted by molar-refractivity contribution is -0.149. The molecule has 2 aliphatic rings. The van der Waals surface area contributed by atoms with E-state index < -0.39 is 0 Å². The highest BCUT2D eigenvalue weighted by atomic mass is 16.5. The molecule has 1 unspecified atom stereocenters. The predicted molar refractivity (Wildman–Crippen MR) is 66.9 cm³/mol. The number of methoxy groups -OCH3 is 1. The zero-order valence-corrected chi connectivity index (χ0v) is 11.2. The summed E-state index contributed by atoms with van der Waals surface area (Å²) >= 11 is 0. The molecule has 2 aliphatic heterocycles. The topological polar surface area (TPSA) is 49.9 Å². The van der Waals surface area contributed by atoms with Crippen LogP contribution in [0.3, 0.4) is 0 Å². The van der Waals surface area contributed by atoms with Gasteiger partial charge in [0.15, 0.2) is 0 Å². The normalized spacial score (nSPS) is 29.3. The van der Waals surface area contributed by atoms with Gasteiger partial charge in [0.25, 0.3) is 0 Å². The van der Waals surface area contributed by atoms with Gasteiger partial charge in [0.05, 0.1) is 18.9 Å². The Bertz CT molecular complexity index is 332. The SMILES string of the molecule is COC(=O)[C@H]1CCCN(C(=O)C2CCN(C)C2)C1. The van der Waals surface area contributed by atoms with Crippen molar-refractivity contribution in [1.29, 1.82) is 0 Å². The number of nitrogens with zero attached hydrogens (tertiary/aromatic N) is 2. The molecule has 2 heterocycles. The van der Waals surface area contributed by atoms with Gasteiger partial charge < -0.3 is 14.5 Å². The fraction of sp³-hybridized carbons (Fsp3) is 0.846. The number of likely N-dealkylation sites (tertiary alicyclic amines) is 2.